The Kier molecular flexibility index (Phi) is 2.47. The fraction of sp³-hybridized carbons (Fsp3) is 0.467. The van der Waals surface area contributed by atoms with Gasteiger partial charge in [-0.25, -0.2) is 0 Å². The molecule has 1 aromatic carbocycles. The molecule has 1 aromatic rings. The van der Waals surface area contributed by atoms with Crippen molar-refractivity contribution in [2.75, 3.05) is 13.1 Å². The van der Waals surface area contributed by atoms with Gasteiger partial charge in [0.25, 0.3) is 0 Å². The molecule has 0 bridgehead atoms. The van der Waals surface area contributed by atoms with Crippen LogP contribution in [0, 0.1) is 6.92 Å². The lowest BCUT2D eigenvalue weighted by atomic mass is 9.93. The van der Waals surface area contributed by atoms with E-state index in [1.54, 1.807) is 5.70 Å². The smallest absolute Gasteiger partial charge is 0.0175 e. The van der Waals surface area contributed by atoms with E-state index in [0.29, 0.717) is 0 Å². The summed E-state index contributed by atoms with van der Waals surface area (Å²) in [5.41, 5.74) is 5.92. The van der Waals surface area contributed by atoms with Gasteiger partial charge in [0.05, 0.1) is 0 Å². The van der Waals surface area contributed by atoms with Crippen molar-refractivity contribution in [1.29, 1.82) is 0 Å². The van der Waals surface area contributed by atoms with Crippen LogP contribution in [0.5, 0.6) is 0 Å². The summed E-state index contributed by atoms with van der Waals surface area (Å²) < 4.78 is 0. The molecule has 1 saturated heterocycles. The van der Waals surface area contributed by atoms with Crippen molar-refractivity contribution in [3.63, 3.8) is 0 Å². The van der Waals surface area contributed by atoms with Gasteiger partial charge in [-0.1, -0.05) is 23.8 Å². The largest absolute Gasteiger partial charge is 0.375 e. The predicted molar refractivity (Wildman–Crippen MR) is 68.3 cm³/mol. The standard InChI is InChI=1S/C15H19N/c1-12-4-5-14-11-15(7-6-13(14)10-12)16-8-2-3-9-16/h4-5,10-11H,2-3,6-9H2,1H3. The van der Waals surface area contributed by atoms with Crippen LogP contribution < -0.4 is 0 Å². The number of hydrogen-bond donors (Lipinski definition) is 0. The molecule has 0 N–H and O–H groups in total. The van der Waals surface area contributed by atoms with Gasteiger partial charge >= 0.3 is 0 Å². The summed E-state index contributed by atoms with van der Waals surface area (Å²) in [7, 11) is 0. The minimum atomic E-state index is 1.22. The van der Waals surface area contributed by atoms with Crippen LogP contribution in [0.25, 0.3) is 6.08 Å². The molecule has 84 valence electrons. The number of rotatable bonds is 1. The van der Waals surface area contributed by atoms with Crippen molar-refractivity contribution < 1.29 is 0 Å². The van der Waals surface area contributed by atoms with Gasteiger partial charge in [-0.3, -0.25) is 0 Å². The number of likely N-dealkylation sites (tertiary alicyclic amines) is 1. The molecular formula is C15H19N. The lowest BCUT2D eigenvalue weighted by Crippen LogP contribution is -2.20. The third-order valence-corrected chi connectivity index (χ3v) is 3.78. The molecule has 3 rings (SSSR count). The van der Waals surface area contributed by atoms with Crippen molar-refractivity contribution in [2.45, 2.75) is 32.6 Å². The Morgan fingerprint density at radius 2 is 1.88 bits per heavy atom. The predicted octanol–water partition coefficient (Wildman–Crippen LogP) is 3.38. The summed E-state index contributed by atoms with van der Waals surface area (Å²) in [6.45, 7) is 4.72. The fourth-order valence-corrected chi connectivity index (χ4v) is 2.86. The SMILES string of the molecule is Cc1ccc2c(c1)CCC(N1CCCC1)=C2. The van der Waals surface area contributed by atoms with E-state index in [-0.39, 0.29) is 0 Å². The zero-order chi connectivity index (χ0) is 11.0. The maximum absolute atomic E-state index is 2.57. The Labute approximate surface area is 97.8 Å². The van der Waals surface area contributed by atoms with Crippen LogP contribution in [-0.4, -0.2) is 18.0 Å². The van der Waals surface area contributed by atoms with Crippen LogP contribution in [0.1, 0.15) is 36.0 Å². The molecule has 0 amide bonds. The number of nitrogens with zero attached hydrogens (tertiary/aromatic N) is 1. The first-order valence-corrected chi connectivity index (χ1v) is 6.38. The van der Waals surface area contributed by atoms with E-state index in [1.807, 2.05) is 0 Å². The molecule has 0 unspecified atom stereocenters. The normalized spacial score (nSPS) is 19.6. The van der Waals surface area contributed by atoms with Crippen molar-refractivity contribution in [3.05, 3.63) is 40.6 Å². The van der Waals surface area contributed by atoms with Crippen molar-refractivity contribution in [1.82, 2.24) is 4.90 Å². The zero-order valence-electron chi connectivity index (χ0n) is 10.00. The Bertz CT molecular complexity index is 425. The fourth-order valence-electron chi connectivity index (χ4n) is 2.86. The molecule has 1 heteroatoms. The quantitative estimate of drug-likeness (QED) is 0.691. The van der Waals surface area contributed by atoms with Gasteiger partial charge in [0, 0.05) is 18.8 Å². The first-order valence-electron chi connectivity index (χ1n) is 6.38. The number of allylic oxidation sites excluding steroid dienone is 1. The molecule has 0 saturated carbocycles. The average Bonchev–Trinajstić information content (AvgIpc) is 2.82. The highest BCUT2D eigenvalue weighted by molar-refractivity contribution is 5.59. The third kappa shape index (κ3) is 1.75. The van der Waals surface area contributed by atoms with Gasteiger partial charge in [0.1, 0.15) is 0 Å². The third-order valence-electron chi connectivity index (χ3n) is 3.78. The summed E-state index contributed by atoms with van der Waals surface area (Å²) >= 11 is 0. The summed E-state index contributed by atoms with van der Waals surface area (Å²) in [4.78, 5) is 2.57. The number of aryl methyl sites for hydroxylation is 2. The summed E-state index contributed by atoms with van der Waals surface area (Å²) in [6.07, 6.45) is 7.61. The lowest BCUT2D eigenvalue weighted by molar-refractivity contribution is 0.411. The summed E-state index contributed by atoms with van der Waals surface area (Å²) in [5.74, 6) is 0. The van der Waals surface area contributed by atoms with Gasteiger partial charge in [0.15, 0.2) is 0 Å². The number of fused-ring (bicyclic) bond motifs is 1. The summed E-state index contributed by atoms with van der Waals surface area (Å²) in [5, 5.41) is 0. The second-order valence-electron chi connectivity index (χ2n) is 5.03. The minimum absolute atomic E-state index is 1.22. The van der Waals surface area contributed by atoms with Crippen molar-refractivity contribution >= 4 is 6.08 Å². The zero-order valence-corrected chi connectivity index (χ0v) is 10.00. The van der Waals surface area contributed by atoms with Gasteiger partial charge in [-0.15, -0.1) is 0 Å². The van der Waals surface area contributed by atoms with Gasteiger partial charge in [-0.05, 0) is 49.8 Å². The van der Waals surface area contributed by atoms with Crippen LogP contribution in [-0.2, 0) is 6.42 Å². The molecule has 2 aliphatic rings. The van der Waals surface area contributed by atoms with Crippen LogP contribution >= 0.6 is 0 Å². The lowest BCUT2D eigenvalue weighted by Gasteiger charge is -2.25. The van der Waals surface area contributed by atoms with Gasteiger partial charge < -0.3 is 4.90 Å². The maximum atomic E-state index is 2.57. The first-order chi connectivity index (χ1) is 7.83. The van der Waals surface area contributed by atoms with E-state index in [4.69, 9.17) is 0 Å². The molecule has 0 spiro atoms. The highest BCUT2D eigenvalue weighted by Crippen LogP contribution is 2.28. The van der Waals surface area contributed by atoms with E-state index in [1.165, 1.54) is 55.5 Å². The number of hydrogen-bond acceptors (Lipinski definition) is 1. The average molecular weight is 213 g/mol. The molecule has 1 nitrogen and oxygen atoms in total. The molecular weight excluding hydrogens is 194 g/mol. The van der Waals surface area contributed by atoms with Gasteiger partial charge in [-0.2, -0.15) is 0 Å². The van der Waals surface area contributed by atoms with Gasteiger partial charge in [0.2, 0.25) is 0 Å². The van der Waals surface area contributed by atoms with Crippen molar-refractivity contribution in [2.24, 2.45) is 0 Å². The molecule has 0 aromatic heterocycles. The van der Waals surface area contributed by atoms with Crippen LogP contribution in [0.3, 0.4) is 0 Å². The molecule has 1 aliphatic heterocycles. The molecule has 0 radical (unpaired) electrons. The highest BCUT2D eigenvalue weighted by Gasteiger charge is 2.18. The van der Waals surface area contributed by atoms with Crippen LogP contribution in [0.15, 0.2) is 23.9 Å². The molecule has 1 fully saturated rings. The monoisotopic (exact) mass is 213 g/mol. The van der Waals surface area contributed by atoms with Crippen molar-refractivity contribution in [3.8, 4) is 0 Å². The van der Waals surface area contributed by atoms with E-state index in [2.05, 4.69) is 36.1 Å². The molecule has 0 atom stereocenters. The maximum Gasteiger partial charge on any atom is 0.0175 e. The Morgan fingerprint density at radius 1 is 1.06 bits per heavy atom. The Hall–Kier alpha value is -1.24. The van der Waals surface area contributed by atoms with E-state index >= 15 is 0 Å². The first kappa shape index (κ1) is 9.95. The molecule has 1 heterocycles. The van der Waals surface area contributed by atoms with Crippen LogP contribution in [0.4, 0.5) is 0 Å². The van der Waals surface area contributed by atoms with Crippen LogP contribution in [0.2, 0.25) is 0 Å². The second-order valence-corrected chi connectivity index (χ2v) is 5.03. The van der Waals surface area contributed by atoms with E-state index in [9.17, 15) is 0 Å². The molecule has 16 heavy (non-hydrogen) atoms. The number of benzene rings is 1. The topological polar surface area (TPSA) is 3.24 Å². The molecule has 1 aliphatic carbocycles. The van der Waals surface area contributed by atoms with E-state index in [0.717, 1.165) is 0 Å². The Morgan fingerprint density at radius 3 is 2.69 bits per heavy atom. The van der Waals surface area contributed by atoms with E-state index < -0.39 is 0 Å². The summed E-state index contributed by atoms with van der Waals surface area (Å²) in [6, 6.07) is 6.84. The minimum Gasteiger partial charge on any atom is -0.375 e. The highest BCUT2D eigenvalue weighted by atomic mass is 15.1. The second kappa shape index (κ2) is 3.97. The Balaban J connectivity index is 1.91.